The first kappa shape index (κ1) is 17.6. The van der Waals surface area contributed by atoms with Crippen molar-refractivity contribution >= 4 is 23.0 Å². The van der Waals surface area contributed by atoms with E-state index in [2.05, 4.69) is 4.90 Å². The van der Waals surface area contributed by atoms with Crippen molar-refractivity contribution in [2.75, 3.05) is 32.7 Å². The van der Waals surface area contributed by atoms with Crippen LogP contribution in [0.2, 0.25) is 0 Å². The highest BCUT2D eigenvalue weighted by molar-refractivity contribution is 7.12. The Labute approximate surface area is 151 Å². The van der Waals surface area contributed by atoms with Gasteiger partial charge in [0.2, 0.25) is 0 Å². The second-order valence-electron chi connectivity index (χ2n) is 6.08. The fourth-order valence-corrected chi connectivity index (χ4v) is 3.51. The number of carbonyl (C=O) groups is 2. The van der Waals surface area contributed by atoms with Gasteiger partial charge in [-0.25, -0.2) is 0 Å². The fourth-order valence-electron chi connectivity index (χ4n) is 2.86. The van der Waals surface area contributed by atoms with E-state index in [1.165, 1.54) is 11.3 Å². The lowest BCUT2D eigenvalue weighted by atomic mass is 10.2. The largest absolute Gasteiger partial charge is 0.481 e. The van der Waals surface area contributed by atoms with E-state index in [1.54, 1.807) is 6.92 Å². The molecule has 1 atom stereocenters. The summed E-state index contributed by atoms with van der Waals surface area (Å²) in [6.45, 7) is 4.86. The van der Waals surface area contributed by atoms with Crippen LogP contribution < -0.4 is 4.74 Å². The van der Waals surface area contributed by atoms with Gasteiger partial charge in [0.1, 0.15) is 5.75 Å². The molecule has 6 heteroatoms. The van der Waals surface area contributed by atoms with E-state index in [-0.39, 0.29) is 11.7 Å². The van der Waals surface area contributed by atoms with Crippen LogP contribution in [0.1, 0.15) is 16.6 Å². The van der Waals surface area contributed by atoms with Crippen molar-refractivity contribution in [2.45, 2.75) is 13.0 Å². The third-order valence-electron chi connectivity index (χ3n) is 4.25. The van der Waals surface area contributed by atoms with Crippen molar-refractivity contribution in [3.05, 3.63) is 52.7 Å². The van der Waals surface area contributed by atoms with Gasteiger partial charge in [0.25, 0.3) is 5.91 Å². The molecule has 5 nitrogen and oxygen atoms in total. The van der Waals surface area contributed by atoms with Crippen LogP contribution in [0, 0.1) is 0 Å². The number of para-hydroxylation sites is 1. The Morgan fingerprint density at radius 2 is 1.80 bits per heavy atom. The smallest absolute Gasteiger partial charge is 0.263 e. The molecule has 25 heavy (non-hydrogen) atoms. The molecule has 0 aliphatic carbocycles. The number of nitrogens with zero attached hydrogens (tertiary/aromatic N) is 2. The highest BCUT2D eigenvalue weighted by atomic mass is 32.1. The number of thiophene rings is 1. The lowest BCUT2D eigenvalue weighted by molar-refractivity contribution is -0.139. The Hall–Kier alpha value is -2.18. The van der Waals surface area contributed by atoms with Gasteiger partial charge < -0.3 is 9.64 Å². The zero-order valence-corrected chi connectivity index (χ0v) is 15.1. The Bertz CT molecular complexity index is 695. The van der Waals surface area contributed by atoms with E-state index in [0.717, 1.165) is 4.88 Å². The third-order valence-corrected chi connectivity index (χ3v) is 5.16. The zero-order valence-electron chi connectivity index (χ0n) is 14.3. The van der Waals surface area contributed by atoms with E-state index in [4.69, 9.17) is 4.74 Å². The number of piperazine rings is 1. The van der Waals surface area contributed by atoms with E-state index >= 15 is 0 Å². The molecule has 1 aliphatic heterocycles. The third kappa shape index (κ3) is 4.67. The molecule has 2 heterocycles. The van der Waals surface area contributed by atoms with Crippen molar-refractivity contribution < 1.29 is 14.3 Å². The van der Waals surface area contributed by atoms with E-state index in [0.29, 0.717) is 38.5 Å². The fraction of sp³-hybridized carbons (Fsp3) is 0.368. The summed E-state index contributed by atoms with van der Waals surface area (Å²) in [5.41, 5.74) is 0. The van der Waals surface area contributed by atoms with Crippen molar-refractivity contribution in [1.82, 2.24) is 9.80 Å². The van der Waals surface area contributed by atoms with Crippen molar-refractivity contribution in [2.24, 2.45) is 0 Å². The van der Waals surface area contributed by atoms with Crippen LogP contribution in [0.3, 0.4) is 0 Å². The van der Waals surface area contributed by atoms with Crippen LogP contribution in [-0.4, -0.2) is 60.3 Å². The minimum atomic E-state index is -0.512. The molecule has 0 bridgehead atoms. The molecular formula is C19H22N2O3S. The molecule has 0 spiro atoms. The Morgan fingerprint density at radius 1 is 1.08 bits per heavy atom. The van der Waals surface area contributed by atoms with Gasteiger partial charge in [-0.2, -0.15) is 0 Å². The maximum absolute atomic E-state index is 12.5. The highest BCUT2D eigenvalue weighted by Gasteiger charge is 2.27. The monoisotopic (exact) mass is 358 g/mol. The molecule has 132 valence electrons. The molecule has 2 aromatic rings. The maximum Gasteiger partial charge on any atom is 0.263 e. The van der Waals surface area contributed by atoms with Gasteiger partial charge in [-0.1, -0.05) is 24.3 Å². The number of benzene rings is 1. The summed E-state index contributed by atoms with van der Waals surface area (Å²) in [6, 6.07) is 13.1. The number of ketones is 1. The van der Waals surface area contributed by atoms with Crippen LogP contribution in [0.4, 0.5) is 0 Å². The Morgan fingerprint density at radius 3 is 2.44 bits per heavy atom. The Kier molecular flexibility index (Phi) is 5.83. The number of hydrogen-bond donors (Lipinski definition) is 0. The van der Waals surface area contributed by atoms with Crippen LogP contribution in [-0.2, 0) is 4.79 Å². The maximum atomic E-state index is 12.5. The Balaban J connectivity index is 1.46. The second-order valence-corrected chi connectivity index (χ2v) is 7.02. The first-order valence-corrected chi connectivity index (χ1v) is 9.31. The van der Waals surface area contributed by atoms with Crippen LogP contribution >= 0.6 is 11.3 Å². The normalized spacial score (nSPS) is 16.4. The molecule has 0 N–H and O–H groups in total. The number of ether oxygens (including phenoxy) is 1. The number of hydrogen-bond acceptors (Lipinski definition) is 5. The molecule has 0 unspecified atom stereocenters. The van der Waals surface area contributed by atoms with E-state index < -0.39 is 6.10 Å². The highest BCUT2D eigenvalue weighted by Crippen LogP contribution is 2.14. The summed E-state index contributed by atoms with van der Waals surface area (Å²) in [4.78, 5) is 29.4. The summed E-state index contributed by atoms with van der Waals surface area (Å²) in [5, 5.41) is 1.91. The van der Waals surface area contributed by atoms with Crippen molar-refractivity contribution in [3.8, 4) is 5.75 Å². The van der Waals surface area contributed by atoms with Gasteiger partial charge >= 0.3 is 0 Å². The second kappa shape index (κ2) is 8.27. The SMILES string of the molecule is C[C@H](Oc1ccccc1)C(=O)N1CCN(CC(=O)c2cccs2)CC1. The lowest BCUT2D eigenvalue weighted by Crippen LogP contribution is -2.52. The van der Waals surface area contributed by atoms with E-state index in [9.17, 15) is 9.59 Å². The predicted molar refractivity (Wildman–Crippen MR) is 98.2 cm³/mol. The molecule has 1 saturated heterocycles. The minimum Gasteiger partial charge on any atom is -0.481 e. The van der Waals surface area contributed by atoms with Crippen molar-refractivity contribution in [3.63, 3.8) is 0 Å². The first-order chi connectivity index (χ1) is 12.1. The molecule has 1 aromatic carbocycles. The van der Waals surface area contributed by atoms with Crippen LogP contribution in [0.25, 0.3) is 0 Å². The number of Topliss-reactive ketones (excluding diaryl/α,β-unsaturated/α-hetero) is 1. The standard InChI is InChI=1S/C19H22N2O3S/c1-15(24-16-6-3-2-4-7-16)19(23)21-11-9-20(10-12-21)14-17(22)18-8-5-13-25-18/h2-8,13,15H,9-12,14H2,1H3/t15-/m0/s1. The summed E-state index contributed by atoms with van der Waals surface area (Å²) in [5.74, 6) is 0.840. The van der Waals surface area contributed by atoms with Gasteiger partial charge in [-0.05, 0) is 30.5 Å². The van der Waals surface area contributed by atoms with Gasteiger partial charge in [-0.15, -0.1) is 11.3 Å². The molecule has 1 aromatic heterocycles. The molecule has 0 saturated carbocycles. The number of rotatable bonds is 6. The molecule has 1 amide bonds. The van der Waals surface area contributed by atoms with Gasteiger partial charge in [0, 0.05) is 26.2 Å². The molecule has 1 aliphatic rings. The molecular weight excluding hydrogens is 336 g/mol. The minimum absolute atomic E-state index is 0.00640. The van der Waals surface area contributed by atoms with Gasteiger partial charge in [0.05, 0.1) is 11.4 Å². The molecule has 3 rings (SSSR count). The van der Waals surface area contributed by atoms with Gasteiger partial charge in [-0.3, -0.25) is 14.5 Å². The predicted octanol–water partition coefficient (Wildman–Crippen LogP) is 2.54. The summed E-state index contributed by atoms with van der Waals surface area (Å²) < 4.78 is 5.71. The topological polar surface area (TPSA) is 49.9 Å². The first-order valence-electron chi connectivity index (χ1n) is 8.43. The summed E-state index contributed by atoms with van der Waals surface area (Å²) in [7, 11) is 0. The van der Waals surface area contributed by atoms with Gasteiger partial charge in [0.15, 0.2) is 11.9 Å². The average molecular weight is 358 g/mol. The summed E-state index contributed by atoms with van der Waals surface area (Å²) in [6.07, 6.45) is -0.512. The lowest BCUT2D eigenvalue weighted by Gasteiger charge is -2.35. The molecule has 0 radical (unpaired) electrons. The number of carbonyl (C=O) groups excluding carboxylic acids is 2. The van der Waals surface area contributed by atoms with Crippen LogP contribution in [0.15, 0.2) is 47.8 Å². The zero-order chi connectivity index (χ0) is 17.6. The summed E-state index contributed by atoms with van der Waals surface area (Å²) >= 11 is 1.47. The van der Waals surface area contributed by atoms with Crippen LogP contribution in [0.5, 0.6) is 5.75 Å². The van der Waals surface area contributed by atoms with E-state index in [1.807, 2.05) is 52.7 Å². The molecule has 1 fully saturated rings. The van der Waals surface area contributed by atoms with Crippen molar-refractivity contribution in [1.29, 1.82) is 0 Å². The quantitative estimate of drug-likeness (QED) is 0.745. The average Bonchev–Trinajstić information content (AvgIpc) is 3.17. The number of amides is 1.